The van der Waals surface area contributed by atoms with Gasteiger partial charge in [-0.15, -0.1) is 6.42 Å². The summed E-state index contributed by atoms with van der Waals surface area (Å²) in [5.41, 5.74) is 4.20. The minimum absolute atomic E-state index is 0.152. The smallest absolute Gasteiger partial charge is 0.126 e. The Morgan fingerprint density at radius 2 is 1.59 bits per heavy atom. The molecule has 4 nitrogen and oxygen atoms in total. The van der Waals surface area contributed by atoms with E-state index < -0.39 is 0 Å². The SMILES string of the molecule is C#Cc1ccc(-c2ccc(OCCCOc3ccc4c(c3)OCC4CC(=C)O)cc2)cc1. The number of fused-ring (bicyclic) bond motifs is 1. The van der Waals surface area contributed by atoms with Crippen molar-refractivity contribution >= 4 is 0 Å². The number of aliphatic hydroxyl groups excluding tert-OH is 1. The molecule has 0 saturated heterocycles. The van der Waals surface area contributed by atoms with Crippen molar-refractivity contribution in [1.82, 2.24) is 0 Å². The number of hydrogen-bond acceptors (Lipinski definition) is 4. The van der Waals surface area contributed by atoms with E-state index in [1.807, 2.05) is 66.7 Å². The van der Waals surface area contributed by atoms with Gasteiger partial charge in [0, 0.05) is 36.0 Å². The second kappa shape index (κ2) is 9.98. The van der Waals surface area contributed by atoms with Crippen molar-refractivity contribution in [3.8, 4) is 40.7 Å². The third-order valence-electron chi connectivity index (χ3n) is 5.41. The molecule has 0 amide bonds. The maximum Gasteiger partial charge on any atom is 0.126 e. The Kier molecular flexibility index (Phi) is 6.67. The fraction of sp³-hybridized carbons (Fsp3) is 0.214. The summed E-state index contributed by atoms with van der Waals surface area (Å²) in [5.74, 6) is 5.38. The first-order valence-electron chi connectivity index (χ1n) is 10.7. The summed E-state index contributed by atoms with van der Waals surface area (Å²) in [5, 5.41) is 9.43. The lowest BCUT2D eigenvalue weighted by Gasteiger charge is -2.10. The van der Waals surface area contributed by atoms with Crippen LogP contribution in [0.25, 0.3) is 11.1 Å². The lowest BCUT2D eigenvalue weighted by Crippen LogP contribution is -2.05. The molecule has 0 bridgehead atoms. The van der Waals surface area contributed by atoms with Crippen LogP contribution in [0.1, 0.15) is 29.9 Å². The topological polar surface area (TPSA) is 47.9 Å². The summed E-state index contributed by atoms with van der Waals surface area (Å²) >= 11 is 0. The largest absolute Gasteiger partial charge is 0.513 e. The molecule has 0 aromatic heterocycles. The van der Waals surface area contributed by atoms with Crippen molar-refractivity contribution in [3.63, 3.8) is 0 Å². The second-order valence-corrected chi connectivity index (χ2v) is 7.77. The fourth-order valence-electron chi connectivity index (χ4n) is 3.74. The molecule has 1 N–H and O–H groups in total. The van der Waals surface area contributed by atoms with Gasteiger partial charge in [-0.1, -0.05) is 42.8 Å². The highest BCUT2D eigenvalue weighted by atomic mass is 16.5. The van der Waals surface area contributed by atoms with Gasteiger partial charge >= 0.3 is 0 Å². The molecule has 0 spiro atoms. The Bertz CT molecular complexity index is 1110. The lowest BCUT2D eigenvalue weighted by molar-refractivity contribution is 0.246. The summed E-state index contributed by atoms with van der Waals surface area (Å²) in [4.78, 5) is 0. The van der Waals surface area contributed by atoms with Gasteiger partial charge in [0.1, 0.15) is 17.2 Å². The van der Waals surface area contributed by atoms with E-state index in [4.69, 9.17) is 20.6 Å². The van der Waals surface area contributed by atoms with Crippen LogP contribution in [-0.2, 0) is 0 Å². The van der Waals surface area contributed by atoms with Gasteiger partial charge in [0.2, 0.25) is 0 Å². The monoisotopic (exact) mass is 426 g/mol. The van der Waals surface area contributed by atoms with Gasteiger partial charge < -0.3 is 19.3 Å². The Labute approximate surface area is 189 Å². The Morgan fingerprint density at radius 3 is 2.25 bits per heavy atom. The fourth-order valence-corrected chi connectivity index (χ4v) is 3.74. The summed E-state index contributed by atoms with van der Waals surface area (Å²) < 4.78 is 17.4. The summed E-state index contributed by atoms with van der Waals surface area (Å²) in [7, 11) is 0. The van der Waals surface area contributed by atoms with E-state index in [0.717, 1.165) is 45.9 Å². The van der Waals surface area contributed by atoms with Crippen LogP contribution in [0.4, 0.5) is 0 Å². The van der Waals surface area contributed by atoms with Crippen molar-refractivity contribution in [2.24, 2.45) is 0 Å². The van der Waals surface area contributed by atoms with Crippen LogP contribution in [0.5, 0.6) is 17.2 Å². The van der Waals surface area contributed by atoms with Crippen molar-refractivity contribution in [2.75, 3.05) is 19.8 Å². The molecular formula is C28H26O4. The number of rotatable bonds is 9. The summed E-state index contributed by atoms with van der Waals surface area (Å²) in [6.45, 7) is 5.25. The van der Waals surface area contributed by atoms with Crippen molar-refractivity contribution < 1.29 is 19.3 Å². The van der Waals surface area contributed by atoms with Crippen LogP contribution < -0.4 is 14.2 Å². The highest BCUT2D eigenvalue weighted by Gasteiger charge is 2.25. The molecule has 1 heterocycles. The van der Waals surface area contributed by atoms with Crippen LogP contribution in [0, 0.1) is 12.3 Å². The van der Waals surface area contributed by atoms with Gasteiger partial charge in [-0.3, -0.25) is 0 Å². The van der Waals surface area contributed by atoms with E-state index >= 15 is 0 Å². The maximum absolute atomic E-state index is 9.43. The molecule has 0 radical (unpaired) electrons. The first-order valence-corrected chi connectivity index (χ1v) is 10.7. The van der Waals surface area contributed by atoms with Crippen molar-refractivity contribution in [3.05, 3.63) is 90.2 Å². The van der Waals surface area contributed by atoms with Crippen LogP contribution in [0.3, 0.4) is 0 Å². The molecule has 1 aliphatic heterocycles. The summed E-state index contributed by atoms with van der Waals surface area (Å²) in [6.07, 6.45) is 6.69. The van der Waals surface area contributed by atoms with Crippen LogP contribution in [0.2, 0.25) is 0 Å². The van der Waals surface area contributed by atoms with E-state index in [2.05, 4.69) is 12.5 Å². The molecule has 1 aliphatic rings. The number of ether oxygens (including phenoxy) is 3. The average Bonchev–Trinajstić information content (AvgIpc) is 3.20. The Balaban J connectivity index is 1.21. The first kappa shape index (κ1) is 21.4. The van der Waals surface area contributed by atoms with Crippen LogP contribution in [-0.4, -0.2) is 24.9 Å². The third kappa shape index (κ3) is 5.25. The number of benzene rings is 3. The molecule has 162 valence electrons. The van der Waals surface area contributed by atoms with E-state index in [0.29, 0.717) is 26.2 Å². The number of hydrogen-bond donors (Lipinski definition) is 1. The minimum atomic E-state index is 0.152. The average molecular weight is 427 g/mol. The maximum atomic E-state index is 9.43. The van der Waals surface area contributed by atoms with Gasteiger partial charge in [-0.05, 0) is 41.5 Å². The second-order valence-electron chi connectivity index (χ2n) is 7.77. The molecule has 3 aromatic rings. The molecule has 0 fully saturated rings. The van der Waals surface area contributed by atoms with E-state index in [1.165, 1.54) is 0 Å². The number of allylic oxidation sites excluding steroid dienone is 1. The van der Waals surface area contributed by atoms with Gasteiger partial charge in [0.05, 0.1) is 25.6 Å². The molecule has 4 rings (SSSR count). The van der Waals surface area contributed by atoms with Gasteiger partial charge in [0.15, 0.2) is 0 Å². The molecule has 1 atom stereocenters. The third-order valence-corrected chi connectivity index (χ3v) is 5.41. The molecular weight excluding hydrogens is 400 g/mol. The zero-order valence-corrected chi connectivity index (χ0v) is 17.9. The van der Waals surface area contributed by atoms with Gasteiger partial charge in [0.25, 0.3) is 0 Å². The van der Waals surface area contributed by atoms with E-state index in [-0.39, 0.29) is 11.7 Å². The molecule has 32 heavy (non-hydrogen) atoms. The standard InChI is InChI=1S/C28H26O4/c1-3-21-5-7-22(8-6-21)23-9-11-25(12-10-23)30-15-4-16-31-26-13-14-27-24(17-20(2)29)19-32-28(27)18-26/h1,5-14,18,24,29H,2,4,15-17,19H2. The quantitative estimate of drug-likeness (QED) is 0.254. The van der Waals surface area contributed by atoms with E-state index in [1.54, 1.807) is 0 Å². The Hall–Kier alpha value is -3.84. The number of terminal acetylenes is 1. The zero-order chi connectivity index (χ0) is 22.3. The van der Waals surface area contributed by atoms with Crippen molar-refractivity contribution in [2.45, 2.75) is 18.8 Å². The molecule has 4 heteroatoms. The molecule has 1 unspecified atom stereocenters. The van der Waals surface area contributed by atoms with Gasteiger partial charge in [-0.2, -0.15) is 0 Å². The predicted molar refractivity (Wildman–Crippen MR) is 126 cm³/mol. The lowest BCUT2D eigenvalue weighted by atomic mass is 9.97. The van der Waals surface area contributed by atoms with Gasteiger partial charge in [-0.25, -0.2) is 0 Å². The van der Waals surface area contributed by atoms with Crippen LogP contribution in [0.15, 0.2) is 79.1 Å². The Morgan fingerprint density at radius 1 is 0.969 bits per heavy atom. The highest BCUT2D eigenvalue weighted by molar-refractivity contribution is 5.65. The molecule has 0 aliphatic carbocycles. The first-order chi connectivity index (χ1) is 15.6. The molecule has 3 aromatic carbocycles. The highest BCUT2D eigenvalue weighted by Crippen LogP contribution is 2.39. The molecule has 0 saturated carbocycles. The minimum Gasteiger partial charge on any atom is -0.513 e. The predicted octanol–water partition coefficient (Wildman–Crippen LogP) is 6.12. The normalized spacial score (nSPS) is 14.2. The zero-order valence-electron chi connectivity index (χ0n) is 17.9. The van der Waals surface area contributed by atoms with Crippen LogP contribution >= 0.6 is 0 Å². The summed E-state index contributed by atoms with van der Waals surface area (Å²) in [6, 6.07) is 21.8. The van der Waals surface area contributed by atoms with Crippen molar-refractivity contribution in [1.29, 1.82) is 0 Å². The number of aliphatic hydroxyl groups is 1. The van der Waals surface area contributed by atoms with E-state index in [9.17, 15) is 5.11 Å².